The van der Waals surface area contributed by atoms with Gasteiger partial charge < -0.3 is 21.1 Å². The molecule has 1 saturated carbocycles. The highest BCUT2D eigenvalue weighted by atomic mass is 32.2. The number of aromatic nitrogens is 1. The Labute approximate surface area is 242 Å². The van der Waals surface area contributed by atoms with E-state index < -0.39 is 33.5 Å². The van der Waals surface area contributed by atoms with Crippen LogP contribution in [0.3, 0.4) is 0 Å². The fraction of sp³-hybridized carbons (Fsp3) is 0.393. The van der Waals surface area contributed by atoms with Crippen molar-refractivity contribution in [3.63, 3.8) is 0 Å². The third-order valence-electron chi connectivity index (χ3n) is 6.56. The molecular formula is C28H34FN5O5S2. The maximum Gasteiger partial charge on any atom is 0.404 e. The summed E-state index contributed by atoms with van der Waals surface area (Å²) in [7, 11) is -4.01. The van der Waals surface area contributed by atoms with Crippen molar-refractivity contribution in [1.82, 2.24) is 20.3 Å². The topological polar surface area (TPSA) is 150 Å². The summed E-state index contributed by atoms with van der Waals surface area (Å²) in [5.41, 5.74) is 0.272. The quantitative estimate of drug-likeness (QED) is 0.225. The Hall–Kier alpha value is -3.55. The molecule has 1 aliphatic rings. The van der Waals surface area contributed by atoms with E-state index in [2.05, 4.69) is 25.7 Å². The number of hydrogen-bond acceptors (Lipinski definition) is 6. The van der Waals surface area contributed by atoms with Crippen LogP contribution < -0.4 is 20.7 Å². The monoisotopic (exact) mass is 603 g/mol. The summed E-state index contributed by atoms with van der Waals surface area (Å²) in [5, 5.41) is 17.6. The van der Waals surface area contributed by atoms with Crippen molar-refractivity contribution in [2.45, 2.75) is 75.4 Å². The minimum absolute atomic E-state index is 0.0103. The number of sulfonamides is 1. The van der Waals surface area contributed by atoms with Gasteiger partial charge in [0.05, 0.1) is 14.8 Å². The van der Waals surface area contributed by atoms with Crippen molar-refractivity contribution >= 4 is 39.2 Å². The second-order valence-electron chi connectivity index (χ2n) is 11.0. The molecule has 0 radical (unpaired) electrons. The maximum atomic E-state index is 13.9. The molecule has 5 N–H and O–H groups in total. The predicted octanol–water partition coefficient (Wildman–Crippen LogP) is 5.64. The molecule has 1 fully saturated rings. The first-order valence-corrected chi connectivity index (χ1v) is 15.5. The van der Waals surface area contributed by atoms with E-state index in [1.807, 2.05) is 0 Å². The number of carbonyl (C=O) groups is 2. The van der Waals surface area contributed by atoms with Gasteiger partial charge in [-0.3, -0.25) is 0 Å². The van der Waals surface area contributed by atoms with Crippen LogP contribution in [0.2, 0.25) is 0 Å². The Kier molecular flexibility index (Phi) is 9.30. The van der Waals surface area contributed by atoms with E-state index in [-0.39, 0.29) is 29.1 Å². The minimum Gasteiger partial charge on any atom is -0.465 e. The summed E-state index contributed by atoms with van der Waals surface area (Å²) in [4.78, 5) is 28.7. The number of urea groups is 1. The molecular weight excluding hydrogens is 569 g/mol. The van der Waals surface area contributed by atoms with Crippen molar-refractivity contribution < 1.29 is 27.5 Å². The minimum atomic E-state index is -4.01. The lowest BCUT2D eigenvalue weighted by molar-refractivity contribution is 0.185. The third-order valence-corrected chi connectivity index (χ3v) is 9.55. The molecule has 4 rings (SSSR count). The van der Waals surface area contributed by atoms with Crippen LogP contribution in [-0.2, 0) is 16.6 Å². The van der Waals surface area contributed by atoms with Crippen LogP contribution in [0.1, 0.15) is 62.9 Å². The maximum absolute atomic E-state index is 13.9. The number of anilines is 1. The van der Waals surface area contributed by atoms with Gasteiger partial charge in [0.25, 0.3) is 0 Å². The average molecular weight is 604 g/mol. The van der Waals surface area contributed by atoms with Crippen LogP contribution in [-0.4, -0.2) is 42.2 Å². The first-order valence-electron chi connectivity index (χ1n) is 13.2. The van der Waals surface area contributed by atoms with E-state index in [9.17, 15) is 22.4 Å². The number of halogens is 1. The largest absolute Gasteiger partial charge is 0.465 e. The zero-order chi connectivity index (χ0) is 29.8. The summed E-state index contributed by atoms with van der Waals surface area (Å²) in [6, 6.07) is 10.1. The Morgan fingerprint density at radius 3 is 2.46 bits per heavy atom. The lowest BCUT2D eigenvalue weighted by Crippen LogP contribution is -2.40. The number of amides is 3. The number of thiazole rings is 1. The van der Waals surface area contributed by atoms with Crippen molar-refractivity contribution in [3.05, 3.63) is 65.0 Å². The van der Waals surface area contributed by atoms with E-state index in [0.29, 0.717) is 28.8 Å². The van der Waals surface area contributed by atoms with Crippen molar-refractivity contribution in [1.29, 1.82) is 0 Å². The normalized spacial score (nSPS) is 17.6. The molecule has 0 saturated heterocycles. The van der Waals surface area contributed by atoms with Crippen LogP contribution in [0.25, 0.3) is 10.4 Å². The van der Waals surface area contributed by atoms with Crippen molar-refractivity contribution in [2.24, 2.45) is 0 Å². The summed E-state index contributed by atoms with van der Waals surface area (Å²) in [5.74, 6) is -0.278. The molecule has 1 aromatic heterocycles. The van der Waals surface area contributed by atoms with Crippen LogP contribution in [0.4, 0.5) is 19.7 Å². The lowest BCUT2D eigenvalue weighted by Gasteiger charge is -2.27. The second-order valence-corrected chi connectivity index (χ2v) is 13.7. The third kappa shape index (κ3) is 8.24. The van der Waals surface area contributed by atoms with Gasteiger partial charge in [-0.1, -0.05) is 24.3 Å². The van der Waals surface area contributed by atoms with Gasteiger partial charge in [0, 0.05) is 47.1 Å². The molecule has 3 amide bonds. The Balaban J connectivity index is 1.56. The van der Waals surface area contributed by atoms with Crippen molar-refractivity contribution in [3.8, 4) is 10.4 Å². The first-order chi connectivity index (χ1) is 19.3. The highest BCUT2D eigenvalue weighted by Crippen LogP contribution is 2.40. The molecule has 10 nitrogen and oxygen atoms in total. The fourth-order valence-electron chi connectivity index (χ4n) is 4.74. The summed E-state index contributed by atoms with van der Waals surface area (Å²) < 4.78 is 43.6. The van der Waals surface area contributed by atoms with E-state index in [4.69, 9.17) is 5.11 Å². The highest BCUT2D eigenvalue weighted by Gasteiger charge is 2.29. The van der Waals surface area contributed by atoms with Gasteiger partial charge in [-0.2, -0.15) is 0 Å². The molecule has 3 aromatic rings. The van der Waals surface area contributed by atoms with E-state index >= 15 is 0 Å². The standard InChI is InChI=1S/C28H34FN5O5S2/c1-28(2,3)34-41(38,39)24-14-20(32-26(35)31-15-18-6-4-5-7-22(18)29)12-13-21(24)23-16-30-25(40-23)17-8-10-19(11-9-17)33-27(36)37/h4-7,12-14,16-17,19,33-34H,8-11,15H2,1-3H3,(H,36,37)(H2,31,32,35). The van der Waals surface area contributed by atoms with Crippen LogP contribution in [0.5, 0.6) is 0 Å². The highest BCUT2D eigenvalue weighted by molar-refractivity contribution is 7.89. The Bertz CT molecular complexity index is 1510. The Morgan fingerprint density at radius 1 is 1.10 bits per heavy atom. The second kappa shape index (κ2) is 12.5. The van der Waals surface area contributed by atoms with Gasteiger partial charge >= 0.3 is 12.1 Å². The smallest absolute Gasteiger partial charge is 0.404 e. The number of nitrogens with one attached hydrogen (secondary N) is 4. The molecule has 1 heterocycles. The molecule has 220 valence electrons. The molecule has 0 spiro atoms. The van der Waals surface area contributed by atoms with E-state index in [0.717, 1.165) is 17.8 Å². The number of carbonyl (C=O) groups excluding carboxylic acids is 1. The fourth-order valence-corrected chi connectivity index (χ4v) is 7.59. The average Bonchev–Trinajstić information content (AvgIpc) is 3.37. The zero-order valence-corrected chi connectivity index (χ0v) is 24.7. The van der Waals surface area contributed by atoms with E-state index in [1.165, 1.54) is 23.5 Å². The zero-order valence-electron chi connectivity index (χ0n) is 23.0. The summed E-state index contributed by atoms with van der Waals surface area (Å²) >= 11 is 1.41. The van der Waals surface area contributed by atoms with E-state index in [1.54, 1.807) is 57.3 Å². The van der Waals surface area contributed by atoms with Gasteiger partial charge in [0.2, 0.25) is 10.0 Å². The van der Waals surface area contributed by atoms with Gasteiger partial charge in [0.1, 0.15) is 5.82 Å². The van der Waals surface area contributed by atoms with Crippen molar-refractivity contribution in [2.75, 3.05) is 5.32 Å². The molecule has 0 bridgehead atoms. The SMILES string of the molecule is CC(C)(C)NS(=O)(=O)c1cc(NC(=O)NCc2ccccc2F)ccc1-c1cnc(C2CCC(NC(=O)O)CC2)s1. The first kappa shape index (κ1) is 30.4. The van der Waals surface area contributed by atoms with Gasteiger partial charge in [-0.15, -0.1) is 11.3 Å². The van der Waals surface area contributed by atoms with Gasteiger partial charge in [0.15, 0.2) is 0 Å². The number of rotatable bonds is 8. The molecule has 1 aliphatic carbocycles. The van der Waals surface area contributed by atoms with Gasteiger partial charge in [-0.25, -0.2) is 32.1 Å². The number of carboxylic acid groups (broad SMARTS) is 1. The number of nitrogens with zero attached hydrogens (tertiary/aromatic N) is 1. The molecule has 41 heavy (non-hydrogen) atoms. The molecule has 2 aromatic carbocycles. The molecule has 0 aliphatic heterocycles. The summed E-state index contributed by atoms with van der Waals surface area (Å²) in [6.45, 7) is 5.18. The molecule has 0 atom stereocenters. The predicted molar refractivity (Wildman–Crippen MR) is 156 cm³/mol. The Morgan fingerprint density at radius 2 is 1.80 bits per heavy atom. The number of benzene rings is 2. The lowest BCUT2D eigenvalue weighted by atomic mass is 9.86. The van der Waals surface area contributed by atoms with Gasteiger partial charge in [-0.05, 0) is 64.7 Å². The molecule has 13 heteroatoms. The van der Waals surface area contributed by atoms with Crippen LogP contribution in [0.15, 0.2) is 53.6 Å². The number of hydrogen-bond donors (Lipinski definition) is 5. The van der Waals surface area contributed by atoms with Crippen LogP contribution >= 0.6 is 11.3 Å². The van der Waals surface area contributed by atoms with Crippen LogP contribution in [0, 0.1) is 5.82 Å². The molecule has 0 unspecified atom stereocenters. The summed E-state index contributed by atoms with van der Waals surface area (Å²) in [6.07, 6.45) is 3.60.